The average Bonchev–Trinajstić information content (AvgIpc) is 2.63. The number of hydrogen-bond acceptors (Lipinski definition) is 2. The minimum atomic E-state index is -0.477. The predicted octanol–water partition coefficient (Wildman–Crippen LogP) is 2.28. The number of hydrogen-bond donors (Lipinski definition) is 1. The molecule has 1 N–H and O–H groups in total. The molecule has 16 heavy (non-hydrogen) atoms. The molecular formula is C14H21NO. The number of β-amino-alcohol motifs (C(OH)–C–C–N with tert-alkyl or cyclic N) is 1. The van der Waals surface area contributed by atoms with Gasteiger partial charge in [0.05, 0.1) is 5.60 Å². The first-order valence-corrected chi connectivity index (χ1v) is 6.09. The van der Waals surface area contributed by atoms with Crippen molar-refractivity contribution in [1.82, 2.24) is 4.90 Å². The minimum Gasteiger partial charge on any atom is -0.388 e. The topological polar surface area (TPSA) is 23.5 Å². The van der Waals surface area contributed by atoms with E-state index in [1.807, 2.05) is 6.07 Å². The van der Waals surface area contributed by atoms with Gasteiger partial charge in [0.1, 0.15) is 0 Å². The normalized spacial score (nSPS) is 26.5. The Hall–Kier alpha value is -0.860. The number of rotatable bonds is 3. The maximum absolute atomic E-state index is 10.4. The molecular weight excluding hydrogens is 198 g/mol. The van der Waals surface area contributed by atoms with Crippen LogP contribution in [-0.4, -0.2) is 28.7 Å². The Labute approximate surface area is 97.9 Å². The van der Waals surface area contributed by atoms with E-state index in [2.05, 4.69) is 43.0 Å². The Bertz CT molecular complexity index is 336. The molecule has 1 atom stereocenters. The molecule has 1 aliphatic heterocycles. The second-order valence-electron chi connectivity index (χ2n) is 5.20. The van der Waals surface area contributed by atoms with Gasteiger partial charge in [0, 0.05) is 19.6 Å². The van der Waals surface area contributed by atoms with Gasteiger partial charge in [0.2, 0.25) is 0 Å². The van der Waals surface area contributed by atoms with E-state index in [0.717, 1.165) is 26.1 Å². The summed E-state index contributed by atoms with van der Waals surface area (Å²) in [6, 6.07) is 10.5. The quantitative estimate of drug-likeness (QED) is 0.843. The van der Waals surface area contributed by atoms with Gasteiger partial charge in [-0.2, -0.15) is 0 Å². The SMILES string of the molecule is CC(C)[C@@]1(O)CCN(Cc2ccccc2)C1. The van der Waals surface area contributed by atoms with Gasteiger partial charge in [-0.05, 0) is 17.9 Å². The van der Waals surface area contributed by atoms with Gasteiger partial charge in [-0.25, -0.2) is 0 Å². The number of benzene rings is 1. The first kappa shape index (κ1) is 11.6. The van der Waals surface area contributed by atoms with E-state index in [1.165, 1.54) is 5.56 Å². The zero-order valence-corrected chi connectivity index (χ0v) is 10.2. The van der Waals surface area contributed by atoms with Crippen LogP contribution in [0.2, 0.25) is 0 Å². The summed E-state index contributed by atoms with van der Waals surface area (Å²) in [5.41, 5.74) is 0.852. The molecule has 0 saturated carbocycles. The molecule has 0 aromatic heterocycles. The summed E-state index contributed by atoms with van der Waals surface area (Å²) in [6.07, 6.45) is 0.900. The Kier molecular flexibility index (Phi) is 3.31. The van der Waals surface area contributed by atoms with Crippen molar-refractivity contribution in [3.8, 4) is 0 Å². The van der Waals surface area contributed by atoms with Crippen LogP contribution in [0.15, 0.2) is 30.3 Å². The van der Waals surface area contributed by atoms with Gasteiger partial charge in [0.25, 0.3) is 0 Å². The molecule has 1 saturated heterocycles. The van der Waals surface area contributed by atoms with Crippen LogP contribution in [0.3, 0.4) is 0 Å². The largest absolute Gasteiger partial charge is 0.388 e. The van der Waals surface area contributed by atoms with Crippen molar-refractivity contribution >= 4 is 0 Å². The second-order valence-corrected chi connectivity index (χ2v) is 5.20. The number of aliphatic hydroxyl groups is 1. The van der Waals surface area contributed by atoms with Gasteiger partial charge in [-0.3, -0.25) is 4.90 Å². The highest BCUT2D eigenvalue weighted by molar-refractivity contribution is 5.15. The Morgan fingerprint density at radius 2 is 2.00 bits per heavy atom. The predicted molar refractivity (Wildman–Crippen MR) is 66.1 cm³/mol. The Morgan fingerprint density at radius 3 is 2.56 bits per heavy atom. The molecule has 0 aliphatic carbocycles. The highest BCUT2D eigenvalue weighted by Gasteiger charge is 2.38. The summed E-state index contributed by atoms with van der Waals surface area (Å²) in [5, 5.41) is 10.4. The molecule has 88 valence electrons. The molecule has 1 aliphatic rings. The third kappa shape index (κ3) is 2.45. The lowest BCUT2D eigenvalue weighted by molar-refractivity contribution is 0.00424. The average molecular weight is 219 g/mol. The fourth-order valence-corrected chi connectivity index (χ4v) is 2.34. The summed E-state index contributed by atoms with van der Waals surface area (Å²) in [4.78, 5) is 2.34. The third-order valence-electron chi connectivity index (χ3n) is 3.68. The summed E-state index contributed by atoms with van der Waals surface area (Å²) in [6.45, 7) is 6.97. The first-order chi connectivity index (χ1) is 7.60. The van der Waals surface area contributed by atoms with Crippen LogP contribution in [0, 0.1) is 5.92 Å². The van der Waals surface area contributed by atoms with Crippen molar-refractivity contribution < 1.29 is 5.11 Å². The molecule has 1 fully saturated rings. The maximum Gasteiger partial charge on any atom is 0.0809 e. The van der Waals surface area contributed by atoms with Gasteiger partial charge >= 0.3 is 0 Å². The summed E-state index contributed by atoms with van der Waals surface area (Å²) >= 11 is 0. The monoisotopic (exact) mass is 219 g/mol. The van der Waals surface area contributed by atoms with Gasteiger partial charge < -0.3 is 5.11 Å². The van der Waals surface area contributed by atoms with Crippen LogP contribution < -0.4 is 0 Å². The van der Waals surface area contributed by atoms with E-state index in [4.69, 9.17) is 0 Å². The molecule has 0 radical (unpaired) electrons. The van der Waals surface area contributed by atoms with E-state index in [9.17, 15) is 5.11 Å². The smallest absolute Gasteiger partial charge is 0.0809 e. The van der Waals surface area contributed by atoms with Crippen molar-refractivity contribution in [1.29, 1.82) is 0 Å². The van der Waals surface area contributed by atoms with E-state index < -0.39 is 5.60 Å². The van der Waals surface area contributed by atoms with Crippen molar-refractivity contribution in [3.05, 3.63) is 35.9 Å². The summed E-state index contributed by atoms with van der Waals surface area (Å²) in [5.74, 6) is 0.341. The molecule has 1 heterocycles. The van der Waals surface area contributed by atoms with Crippen LogP contribution in [-0.2, 0) is 6.54 Å². The molecule has 0 spiro atoms. The summed E-state index contributed by atoms with van der Waals surface area (Å²) < 4.78 is 0. The second kappa shape index (κ2) is 4.56. The summed E-state index contributed by atoms with van der Waals surface area (Å²) in [7, 11) is 0. The molecule has 1 aromatic rings. The highest BCUT2D eigenvalue weighted by atomic mass is 16.3. The van der Waals surface area contributed by atoms with Crippen LogP contribution >= 0.6 is 0 Å². The van der Waals surface area contributed by atoms with Gasteiger partial charge in [-0.15, -0.1) is 0 Å². The first-order valence-electron chi connectivity index (χ1n) is 6.09. The molecule has 0 bridgehead atoms. The standard InChI is InChI=1S/C14H21NO/c1-12(2)14(16)8-9-15(11-14)10-13-6-4-3-5-7-13/h3-7,12,16H,8-11H2,1-2H3/t14-/m1/s1. The molecule has 1 aromatic carbocycles. The van der Waals surface area contributed by atoms with E-state index in [1.54, 1.807) is 0 Å². The Balaban J connectivity index is 1.95. The minimum absolute atomic E-state index is 0.341. The third-order valence-corrected chi connectivity index (χ3v) is 3.68. The van der Waals surface area contributed by atoms with Crippen molar-refractivity contribution in [2.75, 3.05) is 13.1 Å². The zero-order valence-electron chi connectivity index (χ0n) is 10.2. The lowest BCUT2D eigenvalue weighted by Gasteiger charge is -2.27. The number of nitrogens with zero attached hydrogens (tertiary/aromatic N) is 1. The molecule has 2 rings (SSSR count). The molecule has 2 nitrogen and oxygen atoms in total. The van der Waals surface area contributed by atoms with Crippen LogP contribution in [0.25, 0.3) is 0 Å². The lowest BCUT2D eigenvalue weighted by atomic mass is 9.90. The molecule has 0 amide bonds. The molecule has 0 unspecified atom stereocenters. The van der Waals surface area contributed by atoms with Crippen LogP contribution in [0.4, 0.5) is 0 Å². The van der Waals surface area contributed by atoms with E-state index in [0.29, 0.717) is 5.92 Å². The molecule has 2 heteroatoms. The van der Waals surface area contributed by atoms with Gasteiger partial charge in [0.15, 0.2) is 0 Å². The van der Waals surface area contributed by atoms with E-state index >= 15 is 0 Å². The Morgan fingerprint density at radius 1 is 1.31 bits per heavy atom. The highest BCUT2D eigenvalue weighted by Crippen LogP contribution is 2.29. The van der Waals surface area contributed by atoms with Crippen molar-refractivity contribution in [3.63, 3.8) is 0 Å². The fraction of sp³-hybridized carbons (Fsp3) is 0.571. The van der Waals surface area contributed by atoms with E-state index in [-0.39, 0.29) is 0 Å². The van der Waals surface area contributed by atoms with Crippen molar-refractivity contribution in [2.45, 2.75) is 32.4 Å². The van der Waals surface area contributed by atoms with Crippen LogP contribution in [0.5, 0.6) is 0 Å². The van der Waals surface area contributed by atoms with Crippen molar-refractivity contribution in [2.24, 2.45) is 5.92 Å². The van der Waals surface area contributed by atoms with Gasteiger partial charge in [-0.1, -0.05) is 44.2 Å². The lowest BCUT2D eigenvalue weighted by Crippen LogP contribution is -2.38. The maximum atomic E-state index is 10.4. The number of likely N-dealkylation sites (tertiary alicyclic amines) is 1. The zero-order chi connectivity index (χ0) is 11.6. The fourth-order valence-electron chi connectivity index (χ4n) is 2.34. The van der Waals surface area contributed by atoms with Crippen LogP contribution in [0.1, 0.15) is 25.8 Å².